The molecule has 1 heterocycles. The molecule has 0 spiro atoms. The summed E-state index contributed by atoms with van der Waals surface area (Å²) in [5, 5.41) is 2.57. The Morgan fingerprint density at radius 2 is 1.43 bits per heavy atom. The monoisotopic (exact) mass is 276 g/mol. The highest BCUT2D eigenvalue weighted by atomic mass is 15.1. The molecule has 0 bridgehead atoms. The number of benzene rings is 2. The van der Waals surface area contributed by atoms with E-state index in [9.17, 15) is 0 Å². The molecule has 0 fully saturated rings. The predicted octanol–water partition coefficient (Wildman–Crippen LogP) is 4.75. The molecule has 2 heteroatoms. The molecule has 0 saturated carbocycles. The molecule has 106 valence electrons. The van der Waals surface area contributed by atoms with Gasteiger partial charge in [-0.15, -0.1) is 0 Å². The Balaban J connectivity index is 2.02. The predicted molar refractivity (Wildman–Crippen MR) is 90.7 cm³/mol. The number of anilines is 1. The topological polar surface area (TPSA) is 16.1 Å². The Morgan fingerprint density at radius 3 is 2.14 bits per heavy atom. The van der Waals surface area contributed by atoms with Crippen LogP contribution in [-0.2, 0) is 0 Å². The number of hydrogen-bond acceptors (Lipinski definition) is 2. The number of fused-ring (bicyclic) bond motifs is 1. The standard InChI is InChI=1S/C19H20N2/c1-3-21(4-2)19-8-7-17-13-16(5-6-18(17)14-19)15-9-11-20-12-10-15/h5-14H,3-4H2,1-2H3. The van der Waals surface area contributed by atoms with E-state index in [1.54, 1.807) is 0 Å². The second-order valence-electron chi connectivity index (χ2n) is 5.15. The van der Waals surface area contributed by atoms with Crippen LogP contribution in [0, 0.1) is 0 Å². The van der Waals surface area contributed by atoms with Gasteiger partial charge in [0.2, 0.25) is 0 Å². The van der Waals surface area contributed by atoms with Gasteiger partial charge < -0.3 is 4.90 Å². The van der Waals surface area contributed by atoms with Crippen LogP contribution in [0.4, 0.5) is 5.69 Å². The Kier molecular flexibility index (Phi) is 3.87. The van der Waals surface area contributed by atoms with Gasteiger partial charge in [-0.1, -0.05) is 18.2 Å². The molecule has 2 aromatic carbocycles. The van der Waals surface area contributed by atoms with Crippen LogP contribution >= 0.6 is 0 Å². The molecule has 3 rings (SSSR count). The number of rotatable bonds is 4. The van der Waals surface area contributed by atoms with Gasteiger partial charge in [0.05, 0.1) is 0 Å². The Labute approximate surface area is 126 Å². The summed E-state index contributed by atoms with van der Waals surface area (Å²) in [5.74, 6) is 0. The molecule has 0 amide bonds. The average Bonchev–Trinajstić information content (AvgIpc) is 2.56. The fraction of sp³-hybridized carbons (Fsp3) is 0.211. The van der Waals surface area contributed by atoms with Crippen molar-refractivity contribution in [2.24, 2.45) is 0 Å². The van der Waals surface area contributed by atoms with Gasteiger partial charge in [0.15, 0.2) is 0 Å². The van der Waals surface area contributed by atoms with E-state index < -0.39 is 0 Å². The van der Waals surface area contributed by atoms with Gasteiger partial charge in [-0.05, 0) is 66.1 Å². The zero-order valence-corrected chi connectivity index (χ0v) is 12.6. The third-order valence-electron chi connectivity index (χ3n) is 3.97. The SMILES string of the molecule is CCN(CC)c1ccc2cc(-c3ccncc3)ccc2c1. The Hall–Kier alpha value is -2.35. The van der Waals surface area contributed by atoms with Gasteiger partial charge in [0, 0.05) is 31.2 Å². The minimum atomic E-state index is 1.04. The minimum Gasteiger partial charge on any atom is -0.372 e. The molecule has 0 aliphatic carbocycles. The molecular formula is C19H20N2. The van der Waals surface area contributed by atoms with E-state index in [0.717, 1.165) is 13.1 Å². The molecule has 21 heavy (non-hydrogen) atoms. The fourth-order valence-electron chi connectivity index (χ4n) is 2.74. The summed E-state index contributed by atoms with van der Waals surface area (Å²) in [6.07, 6.45) is 3.67. The number of pyridine rings is 1. The number of nitrogens with zero attached hydrogens (tertiary/aromatic N) is 2. The first-order valence-corrected chi connectivity index (χ1v) is 7.51. The van der Waals surface area contributed by atoms with E-state index in [2.05, 4.69) is 60.1 Å². The first kappa shape index (κ1) is 13.6. The van der Waals surface area contributed by atoms with E-state index >= 15 is 0 Å². The zero-order valence-electron chi connectivity index (χ0n) is 12.6. The molecule has 0 saturated heterocycles. The second-order valence-corrected chi connectivity index (χ2v) is 5.15. The molecule has 0 N–H and O–H groups in total. The zero-order chi connectivity index (χ0) is 14.7. The van der Waals surface area contributed by atoms with Crippen molar-refractivity contribution in [1.82, 2.24) is 4.98 Å². The lowest BCUT2D eigenvalue weighted by atomic mass is 10.0. The molecule has 0 aliphatic heterocycles. The van der Waals surface area contributed by atoms with Crippen molar-refractivity contribution < 1.29 is 0 Å². The lowest BCUT2D eigenvalue weighted by molar-refractivity contribution is 0.867. The van der Waals surface area contributed by atoms with Crippen molar-refractivity contribution in [3.8, 4) is 11.1 Å². The van der Waals surface area contributed by atoms with Gasteiger partial charge in [0.1, 0.15) is 0 Å². The van der Waals surface area contributed by atoms with Crippen molar-refractivity contribution in [1.29, 1.82) is 0 Å². The molecule has 2 nitrogen and oxygen atoms in total. The van der Waals surface area contributed by atoms with Gasteiger partial charge in [-0.3, -0.25) is 4.98 Å². The highest BCUT2D eigenvalue weighted by molar-refractivity contribution is 5.89. The van der Waals surface area contributed by atoms with Crippen LogP contribution in [0.1, 0.15) is 13.8 Å². The fourth-order valence-corrected chi connectivity index (χ4v) is 2.74. The average molecular weight is 276 g/mol. The third-order valence-corrected chi connectivity index (χ3v) is 3.97. The summed E-state index contributed by atoms with van der Waals surface area (Å²) < 4.78 is 0. The summed E-state index contributed by atoms with van der Waals surface area (Å²) in [6.45, 7) is 6.47. The maximum Gasteiger partial charge on any atom is 0.0372 e. The molecule has 3 aromatic rings. The normalized spacial score (nSPS) is 10.8. The molecule has 0 radical (unpaired) electrons. The van der Waals surface area contributed by atoms with Gasteiger partial charge in [-0.25, -0.2) is 0 Å². The highest BCUT2D eigenvalue weighted by Gasteiger charge is 2.04. The van der Waals surface area contributed by atoms with Crippen molar-refractivity contribution in [3.05, 3.63) is 60.9 Å². The smallest absolute Gasteiger partial charge is 0.0372 e. The van der Waals surface area contributed by atoms with E-state index in [-0.39, 0.29) is 0 Å². The molecule has 1 aromatic heterocycles. The van der Waals surface area contributed by atoms with Crippen LogP contribution in [0.5, 0.6) is 0 Å². The Bertz CT molecular complexity index is 731. The van der Waals surface area contributed by atoms with Crippen LogP contribution in [-0.4, -0.2) is 18.1 Å². The number of hydrogen-bond donors (Lipinski definition) is 0. The summed E-state index contributed by atoms with van der Waals surface area (Å²) in [5.41, 5.74) is 3.74. The first-order chi connectivity index (χ1) is 10.3. The van der Waals surface area contributed by atoms with Crippen LogP contribution < -0.4 is 4.90 Å². The first-order valence-electron chi connectivity index (χ1n) is 7.51. The summed E-state index contributed by atoms with van der Waals surface area (Å²) in [6, 6.07) is 17.4. The van der Waals surface area contributed by atoms with Crippen molar-refractivity contribution >= 4 is 16.5 Å². The van der Waals surface area contributed by atoms with E-state index in [1.165, 1.54) is 27.6 Å². The molecule has 0 atom stereocenters. The van der Waals surface area contributed by atoms with Crippen LogP contribution in [0.25, 0.3) is 21.9 Å². The lowest BCUT2D eigenvalue weighted by Crippen LogP contribution is -2.21. The summed E-state index contributed by atoms with van der Waals surface area (Å²) in [4.78, 5) is 6.45. The van der Waals surface area contributed by atoms with Crippen LogP contribution in [0.3, 0.4) is 0 Å². The third kappa shape index (κ3) is 2.75. The molecular weight excluding hydrogens is 256 g/mol. The van der Waals surface area contributed by atoms with Crippen molar-refractivity contribution in [2.75, 3.05) is 18.0 Å². The second kappa shape index (κ2) is 5.96. The van der Waals surface area contributed by atoms with Gasteiger partial charge in [-0.2, -0.15) is 0 Å². The van der Waals surface area contributed by atoms with Crippen molar-refractivity contribution in [2.45, 2.75) is 13.8 Å². The Morgan fingerprint density at radius 1 is 0.762 bits per heavy atom. The van der Waals surface area contributed by atoms with Crippen LogP contribution in [0.2, 0.25) is 0 Å². The lowest BCUT2D eigenvalue weighted by Gasteiger charge is -2.21. The molecule has 0 aliphatic rings. The van der Waals surface area contributed by atoms with Gasteiger partial charge >= 0.3 is 0 Å². The highest BCUT2D eigenvalue weighted by Crippen LogP contribution is 2.27. The van der Waals surface area contributed by atoms with E-state index in [4.69, 9.17) is 0 Å². The number of aromatic nitrogens is 1. The molecule has 0 unspecified atom stereocenters. The maximum atomic E-state index is 4.08. The van der Waals surface area contributed by atoms with Crippen LogP contribution in [0.15, 0.2) is 60.9 Å². The largest absolute Gasteiger partial charge is 0.372 e. The minimum absolute atomic E-state index is 1.04. The quantitative estimate of drug-likeness (QED) is 0.683. The van der Waals surface area contributed by atoms with E-state index in [1.807, 2.05) is 24.5 Å². The summed E-state index contributed by atoms with van der Waals surface area (Å²) >= 11 is 0. The van der Waals surface area contributed by atoms with Crippen molar-refractivity contribution in [3.63, 3.8) is 0 Å². The maximum absolute atomic E-state index is 4.08. The van der Waals surface area contributed by atoms with Gasteiger partial charge in [0.25, 0.3) is 0 Å². The summed E-state index contributed by atoms with van der Waals surface area (Å²) in [7, 11) is 0. The van der Waals surface area contributed by atoms with E-state index in [0.29, 0.717) is 0 Å².